The summed E-state index contributed by atoms with van der Waals surface area (Å²) in [5, 5.41) is 0. The minimum atomic E-state index is -0.365. The Bertz CT molecular complexity index is 420. The van der Waals surface area contributed by atoms with Crippen molar-refractivity contribution in [3.8, 4) is 0 Å². The molecule has 2 heteroatoms. The van der Waals surface area contributed by atoms with E-state index in [0.717, 1.165) is 32.3 Å². The average Bonchev–Trinajstić information content (AvgIpc) is 2.48. The molecule has 2 nitrogen and oxygen atoms in total. The lowest BCUT2D eigenvalue weighted by Gasteiger charge is -2.45. The van der Waals surface area contributed by atoms with Crippen LogP contribution in [0, 0.1) is 0 Å². The molecule has 3 unspecified atom stereocenters. The second-order valence-electron chi connectivity index (χ2n) is 5.66. The van der Waals surface area contributed by atoms with Crippen molar-refractivity contribution in [2.24, 2.45) is 0 Å². The maximum atomic E-state index is 6.18. The minimum absolute atomic E-state index is 0.108. The molecule has 0 N–H and O–H groups in total. The van der Waals surface area contributed by atoms with Crippen LogP contribution < -0.4 is 0 Å². The predicted molar refractivity (Wildman–Crippen MR) is 76.0 cm³/mol. The van der Waals surface area contributed by atoms with Gasteiger partial charge in [0.1, 0.15) is 0 Å². The highest BCUT2D eigenvalue weighted by Crippen LogP contribution is 2.43. The van der Waals surface area contributed by atoms with Gasteiger partial charge in [0.15, 0.2) is 5.79 Å². The topological polar surface area (TPSA) is 18.5 Å². The van der Waals surface area contributed by atoms with E-state index in [-0.39, 0.29) is 11.9 Å². The molecule has 1 aromatic rings. The summed E-state index contributed by atoms with van der Waals surface area (Å²) in [6.07, 6.45) is 7.39. The normalized spacial score (nSPS) is 35.2. The van der Waals surface area contributed by atoms with Crippen LogP contribution in [0.4, 0.5) is 0 Å². The van der Waals surface area contributed by atoms with Gasteiger partial charge in [-0.2, -0.15) is 0 Å². The summed E-state index contributed by atoms with van der Waals surface area (Å²) in [6.45, 7) is 4.73. The molecule has 0 aliphatic carbocycles. The standard InChI is InChI=1S/C17H22O2/c1-2-16-12-15(14-8-4-3-5-9-14)13-17(19-16)10-6-7-11-18-17/h2-5,8-9,15-16H,1,6-7,10-13H2. The number of hydrogen-bond acceptors (Lipinski definition) is 2. The lowest BCUT2D eigenvalue weighted by atomic mass is 9.82. The van der Waals surface area contributed by atoms with Crippen molar-refractivity contribution in [2.45, 2.75) is 49.9 Å². The van der Waals surface area contributed by atoms with Crippen LogP contribution in [-0.4, -0.2) is 18.5 Å². The van der Waals surface area contributed by atoms with Crippen LogP contribution in [0.15, 0.2) is 43.0 Å². The van der Waals surface area contributed by atoms with Gasteiger partial charge in [0, 0.05) is 12.8 Å². The van der Waals surface area contributed by atoms with E-state index in [1.54, 1.807) is 0 Å². The Balaban J connectivity index is 1.83. The summed E-state index contributed by atoms with van der Waals surface area (Å²) in [5.74, 6) is 0.145. The van der Waals surface area contributed by atoms with Crippen LogP contribution in [0.2, 0.25) is 0 Å². The van der Waals surface area contributed by atoms with Gasteiger partial charge < -0.3 is 9.47 Å². The molecule has 2 heterocycles. The Hall–Kier alpha value is -1.12. The van der Waals surface area contributed by atoms with Crippen LogP contribution in [0.1, 0.15) is 43.6 Å². The van der Waals surface area contributed by atoms with E-state index in [1.165, 1.54) is 12.0 Å². The van der Waals surface area contributed by atoms with E-state index >= 15 is 0 Å². The minimum Gasteiger partial charge on any atom is -0.350 e. The summed E-state index contributed by atoms with van der Waals surface area (Å²) in [5.41, 5.74) is 1.39. The van der Waals surface area contributed by atoms with Crippen LogP contribution in [0.5, 0.6) is 0 Å². The fourth-order valence-electron chi connectivity index (χ4n) is 3.32. The third kappa shape index (κ3) is 2.75. The smallest absolute Gasteiger partial charge is 0.169 e. The van der Waals surface area contributed by atoms with Crippen molar-refractivity contribution in [3.63, 3.8) is 0 Å². The number of benzene rings is 1. The molecule has 2 fully saturated rings. The monoisotopic (exact) mass is 258 g/mol. The van der Waals surface area contributed by atoms with Gasteiger partial charge in [-0.05, 0) is 30.7 Å². The van der Waals surface area contributed by atoms with Crippen molar-refractivity contribution in [2.75, 3.05) is 6.61 Å². The first-order valence-corrected chi connectivity index (χ1v) is 7.31. The van der Waals surface area contributed by atoms with Crippen LogP contribution >= 0.6 is 0 Å². The molecule has 102 valence electrons. The average molecular weight is 258 g/mol. The highest BCUT2D eigenvalue weighted by atomic mass is 16.7. The predicted octanol–water partition coefficient (Wildman–Crippen LogP) is 4.03. The van der Waals surface area contributed by atoms with Gasteiger partial charge in [0.25, 0.3) is 0 Å². The molecule has 2 aliphatic rings. The third-order valence-corrected chi connectivity index (χ3v) is 4.29. The molecule has 0 radical (unpaired) electrons. The molecule has 1 spiro atoms. The molecule has 1 aromatic carbocycles. The first-order valence-electron chi connectivity index (χ1n) is 7.31. The fraction of sp³-hybridized carbons (Fsp3) is 0.529. The van der Waals surface area contributed by atoms with Crippen LogP contribution in [-0.2, 0) is 9.47 Å². The lowest BCUT2D eigenvalue weighted by Crippen LogP contribution is -2.47. The van der Waals surface area contributed by atoms with E-state index in [0.29, 0.717) is 5.92 Å². The molecule has 3 rings (SSSR count). The molecule has 0 amide bonds. The molecule has 19 heavy (non-hydrogen) atoms. The quantitative estimate of drug-likeness (QED) is 0.746. The molecule has 0 bridgehead atoms. The van der Waals surface area contributed by atoms with Gasteiger partial charge in [-0.25, -0.2) is 0 Å². The van der Waals surface area contributed by atoms with E-state index < -0.39 is 0 Å². The molecular weight excluding hydrogens is 236 g/mol. The van der Waals surface area contributed by atoms with E-state index in [2.05, 4.69) is 36.9 Å². The maximum absolute atomic E-state index is 6.18. The maximum Gasteiger partial charge on any atom is 0.169 e. The zero-order valence-electron chi connectivity index (χ0n) is 11.4. The second kappa shape index (κ2) is 5.48. The van der Waals surface area contributed by atoms with Crippen molar-refractivity contribution in [1.29, 1.82) is 0 Å². The first kappa shape index (κ1) is 12.9. The summed E-state index contributed by atoms with van der Waals surface area (Å²) in [6, 6.07) is 10.7. The third-order valence-electron chi connectivity index (χ3n) is 4.29. The van der Waals surface area contributed by atoms with E-state index in [9.17, 15) is 0 Å². The van der Waals surface area contributed by atoms with Gasteiger partial charge in [0.2, 0.25) is 0 Å². The molecule has 0 aromatic heterocycles. The number of ether oxygens (including phenoxy) is 2. The van der Waals surface area contributed by atoms with E-state index in [1.807, 2.05) is 6.08 Å². The van der Waals surface area contributed by atoms with Crippen LogP contribution in [0.3, 0.4) is 0 Å². The number of rotatable bonds is 2. The van der Waals surface area contributed by atoms with Crippen molar-refractivity contribution < 1.29 is 9.47 Å². The molecule has 2 aliphatic heterocycles. The molecule has 0 saturated carbocycles. The van der Waals surface area contributed by atoms with Gasteiger partial charge in [-0.15, -0.1) is 6.58 Å². The van der Waals surface area contributed by atoms with Crippen molar-refractivity contribution in [3.05, 3.63) is 48.6 Å². The van der Waals surface area contributed by atoms with Crippen LogP contribution in [0.25, 0.3) is 0 Å². The Morgan fingerprint density at radius 3 is 2.74 bits per heavy atom. The largest absolute Gasteiger partial charge is 0.350 e. The van der Waals surface area contributed by atoms with E-state index in [4.69, 9.17) is 9.47 Å². The van der Waals surface area contributed by atoms with Crippen molar-refractivity contribution >= 4 is 0 Å². The molecule has 2 saturated heterocycles. The summed E-state index contributed by atoms with van der Waals surface area (Å²) in [4.78, 5) is 0. The Kier molecular flexibility index (Phi) is 3.72. The Labute approximate surface area is 115 Å². The molecule has 3 atom stereocenters. The summed E-state index contributed by atoms with van der Waals surface area (Å²) >= 11 is 0. The lowest BCUT2D eigenvalue weighted by molar-refractivity contribution is -0.290. The highest BCUT2D eigenvalue weighted by Gasteiger charge is 2.43. The second-order valence-corrected chi connectivity index (χ2v) is 5.66. The Morgan fingerprint density at radius 1 is 1.21 bits per heavy atom. The van der Waals surface area contributed by atoms with Gasteiger partial charge in [-0.1, -0.05) is 36.4 Å². The molecular formula is C17H22O2. The van der Waals surface area contributed by atoms with Gasteiger partial charge in [0.05, 0.1) is 12.7 Å². The van der Waals surface area contributed by atoms with Crippen molar-refractivity contribution in [1.82, 2.24) is 0 Å². The van der Waals surface area contributed by atoms with Gasteiger partial charge >= 0.3 is 0 Å². The summed E-state index contributed by atoms with van der Waals surface area (Å²) in [7, 11) is 0. The summed E-state index contributed by atoms with van der Waals surface area (Å²) < 4.78 is 12.2. The number of hydrogen-bond donors (Lipinski definition) is 0. The fourth-order valence-corrected chi connectivity index (χ4v) is 3.32. The first-order chi connectivity index (χ1) is 9.31. The zero-order chi connectivity index (χ0) is 13.1. The SMILES string of the molecule is C=CC1CC(c2ccccc2)CC2(CCCCO2)O1. The van der Waals surface area contributed by atoms with Gasteiger partial charge in [-0.3, -0.25) is 0 Å². The highest BCUT2D eigenvalue weighted by molar-refractivity contribution is 5.21. The zero-order valence-corrected chi connectivity index (χ0v) is 11.4. The Morgan fingerprint density at radius 2 is 2.05 bits per heavy atom.